The molecule has 0 radical (unpaired) electrons. The molecule has 1 fully saturated rings. The molecule has 18 heavy (non-hydrogen) atoms. The highest BCUT2D eigenvalue weighted by Gasteiger charge is 2.31. The Morgan fingerprint density at radius 3 is 2.94 bits per heavy atom. The van der Waals surface area contributed by atoms with Crippen LogP contribution in [-0.4, -0.2) is 17.3 Å². The van der Waals surface area contributed by atoms with Gasteiger partial charge in [-0.05, 0) is 35.2 Å². The van der Waals surface area contributed by atoms with E-state index in [1.807, 2.05) is 0 Å². The molecule has 1 saturated carbocycles. The van der Waals surface area contributed by atoms with E-state index in [2.05, 4.69) is 26.7 Å². The maximum Gasteiger partial charge on any atom is 0.188 e. The summed E-state index contributed by atoms with van der Waals surface area (Å²) in [6, 6.07) is 2.67. The molecule has 0 bridgehead atoms. The van der Waals surface area contributed by atoms with E-state index in [1.165, 1.54) is 29.7 Å². The van der Waals surface area contributed by atoms with Crippen LogP contribution >= 0.6 is 34.3 Å². The lowest BCUT2D eigenvalue weighted by atomic mass is 10.3. The standard InChI is InChI=1S/C12H11ClN2OS2/c13-11-10(6-16)18-12(14-11)15(9-1-2-9)5-8-3-4-17-7-8/h3-4,6-7,9H,1-2,5H2. The zero-order chi connectivity index (χ0) is 12.5. The number of nitrogens with zero attached hydrogens (tertiary/aromatic N) is 2. The van der Waals surface area contributed by atoms with Gasteiger partial charge in [0.25, 0.3) is 0 Å². The third kappa shape index (κ3) is 2.43. The zero-order valence-electron chi connectivity index (χ0n) is 9.51. The van der Waals surface area contributed by atoms with Crippen molar-refractivity contribution in [2.24, 2.45) is 0 Å². The van der Waals surface area contributed by atoms with Gasteiger partial charge in [-0.25, -0.2) is 4.98 Å². The molecule has 0 aliphatic heterocycles. The number of carbonyl (C=O) groups is 1. The maximum atomic E-state index is 10.8. The van der Waals surface area contributed by atoms with Crippen LogP contribution in [0.5, 0.6) is 0 Å². The van der Waals surface area contributed by atoms with Crippen LogP contribution in [0.1, 0.15) is 28.1 Å². The zero-order valence-corrected chi connectivity index (χ0v) is 11.9. The van der Waals surface area contributed by atoms with Gasteiger partial charge in [-0.1, -0.05) is 22.9 Å². The summed E-state index contributed by atoms with van der Waals surface area (Å²) in [6.45, 7) is 0.844. The number of thiophene rings is 1. The van der Waals surface area contributed by atoms with Gasteiger partial charge in [0.05, 0.1) is 0 Å². The second-order valence-corrected chi connectivity index (χ2v) is 6.41. The van der Waals surface area contributed by atoms with Gasteiger partial charge in [-0.15, -0.1) is 0 Å². The Bertz CT molecular complexity index is 548. The van der Waals surface area contributed by atoms with E-state index >= 15 is 0 Å². The largest absolute Gasteiger partial charge is 0.341 e. The van der Waals surface area contributed by atoms with Gasteiger partial charge in [-0.3, -0.25) is 4.79 Å². The number of aldehydes is 1. The number of thiazole rings is 1. The van der Waals surface area contributed by atoms with Crippen molar-refractivity contribution < 1.29 is 4.79 Å². The SMILES string of the molecule is O=Cc1sc(N(Cc2ccsc2)C2CC2)nc1Cl. The molecule has 6 heteroatoms. The molecule has 0 saturated heterocycles. The van der Waals surface area contributed by atoms with Gasteiger partial charge in [0.15, 0.2) is 16.6 Å². The summed E-state index contributed by atoms with van der Waals surface area (Å²) in [5.74, 6) is 0. The lowest BCUT2D eigenvalue weighted by Gasteiger charge is -2.20. The summed E-state index contributed by atoms with van der Waals surface area (Å²) in [6.07, 6.45) is 3.16. The van der Waals surface area contributed by atoms with E-state index in [0.717, 1.165) is 18.0 Å². The van der Waals surface area contributed by atoms with Gasteiger partial charge in [0, 0.05) is 12.6 Å². The molecule has 0 spiro atoms. The molecule has 0 aromatic carbocycles. The van der Waals surface area contributed by atoms with Crippen LogP contribution in [0.15, 0.2) is 16.8 Å². The molecule has 3 rings (SSSR count). The van der Waals surface area contributed by atoms with Crippen LogP contribution in [-0.2, 0) is 6.54 Å². The second-order valence-electron chi connectivity index (χ2n) is 4.26. The topological polar surface area (TPSA) is 33.2 Å². The number of hydrogen-bond acceptors (Lipinski definition) is 5. The number of aromatic nitrogens is 1. The van der Waals surface area contributed by atoms with Gasteiger partial charge in [0.1, 0.15) is 4.88 Å². The summed E-state index contributed by atoms with van der Waals surface area (Å²) >= 11 is 9.01. The molecular weight excluding hydrogens is 288 g/mol. The van der Waals surface area contributed by atoms with Crippen molar-refractivity contribution in [2.75, 3.05) is 4.90 Å². The quantitative estimate of drug-likeness (QED) is 0.786. The van der Waals surface area contributed by atoms with Gasteiger partial charge >= 0.3 is 0 Å². The fourth-order valence-corrected chi connectivity index (χ4v) is 3.61. The molecule has 2 aromatic heterocycles. The summed E-state index contributed by atoms with van der Waals surface area (Å²) in [7, 11) is 0. The van der Waals surface area contributed by atoms with E-state index in [9.17, 15) is 4.79 Å². The molecule has 0 unspecified atom stereocenters. The van der Waals surface area contributed by atoms with E-state index in [1.54, 1.807) is 11.3 Å². The van der Waals surface area contributed by atoms with Crippen molar-refractivity contribution in [1.82, 2.24) is 4.98 Å². The second kappa shape index (κ2) is 4.99. The van der Waals surface area contributed by atoms with Crippen LogP contribution in [0.4, 0.5) is 5.13 Å². The monoisotopic (exact) mass is 298 g/mol. The van der Waals surface area contributed by atoms with Crippen molar-refractivity contribution >= 4 is 45.7 Å². The van der Waals surface area contributed by atoms with Crippen LogP contribution in [0.25, 0.3) is 0 Å². The average molecular weight is 299 g/mol. The number of rotatable bonds is 5. The first-order chi connectivity index (χ1) is 8.78. The summed E-state index contributed by atoms with van der Waals surface area (Å²) in [4.78, 5) is 17.9. The normalized spacial score (nSPS) is 14.7. The minimum Gasteiger partial charge on any atom is -0.341 e. The van der Waals surface area contributed by atoms with Crippen LogP contribution < -0.4 is 4.90 Å². The van der Waals surface area contributed by atoms with E-state index in [0.29, 0.717) is 16.1 Å². The lowest BCUT2D eigenvalue weighted by molar-refractivity contribution is 0.112. The van der Waals surface area contributed by atoms with Crippen LogP contribution in [0.3, 0.4) is 0 Å². The Kier molecular flexibility index (Phi) is 3.37. The Morgan fingerprint density at radius 1 is 1.56 bits per heavy atom. The molecule has 1 aliphatic rings. The van der Waals surface area contributed by atoms with Crippen molar-refractivity contribution in [3.05, 3.63) is 32.4 Å². The molecule has 1 aliphatic carbocycles. The Labute approximate surface area is 118 Å². The Balaban J connectivity index is 1.86. The molecule has 94 valence electrons. The molecule has 0 N–H and O–H groups in total. The van der Waals surface area contributed by atoms with Gasteiger partial charge in [0.2, 0.25) is 0 Å². The minimum atomic E-state index is 0.320. The maximum absolute atomic E-state index is 10.8. The molecule has 2 aromatic rings. The van der Waals surface area contributed by atoms with Crippen molar-refractivity contribution in [3.8, 4) is 0 Å². The predicted molar refractivity (Wildman–Crippen MR) is 76.0 cm³/mol. The van der Waals surface area contributed by atoms with Crippen molar-refractivity contribution in [3.63, 3.8) is 0 Å². The highest BCUT2D eigenvalue weighted by Crippen LogP contribution is 2.37. The first-order valence-electron chi connectivity index (χ1n) is 5.67. The highest BCUT2D eigenvalue weighted by atomic mass is 35.5. The number of halogens is 1. The third-order valence-corrected chi connectivity index (χ3v) is 5.02. The third-order valence-electron chi connectivity index (χ3n) is 2.87. The van der Waals surface area contributed by atoms with Crippen molar-refractivity contribution in [2.45, 2.75) is 25.4 Å². The van der Waals surface area contributed by atoms with Crippen LogP contribution in [0.2, 0.25) is 5.15 Å². The molecular formula is C12H11ClN2OS2. The fourth-order valence-electron chi connectivity index (χ4n) is 1.82. The fraction of sp³-hybridized carbons (Fsp3) is 0.333. The molecule has 3 nitrogen and oxygen atoms in total. The summed E-state index contributed by atoms with van der Waals surface area (Å²) < 4.78 is 0. The smallest absolute Gasteiger partial charge is 0.188 e. The number of hydrogen-bond donors (Lipinski definition) is 0. The molecule has 2 heterocycles. The van der Waals surface area contributed by atoms with Crippen molar-refractivity contribution in [1.29, 1.82) is 0 Å². The first-order valence-corrected chi connectivity index (χ1v) is 7.81. The Morgan fingerprint density at radius 2 is 2.39 bits per heavy atom. The molecule has 0 amide bonds. The summed E-state index contributed by atoms with van der Waals surface area (Å²) in [5.41, 5.74) is 1.28. The lowest BCUT2D eigenvalue weighted by Crippen LogP contribution is -2.24. The van der Waals surface area contributed by atoms with Gasteiger partial charge < -0.3 is 4.90 Å². The predicted octanol–water partition coefficient (Wildman–Crippen LogP) is 3.84. The number of carbonyl (C=O) groups excluding carboxylic acids is 1. The average Bonchev–Trinajstić information content (AvgIpc) is 2.94. The number of anilines is 1. The molecule has 0 atom stereocenters. The Hall–Kier alpha value is -0.910. The first kappa shape index (κ1) is 12.1. The summed E-state index contributed by atoms with van der Waals surface area (Å²) in [5, 5.41) is 5.40. The van der Waals surface area contributed by atoms with E-state index in [4.69, 9.17) is 11.6 Å². The van der Waals surface area contributed by atoms with E-state index in [-0.39, 0.29) is 0 Å². The van der Waals surface area contributed by atoms with E-state index < -0.39 is 0 Å². The minimum absolute atomic E-state index is 0.320. The van der Waals surface area contributed by atoms with Crippen LogP contribution in [0, 0.1) is 0 Å². The van der Waals surface area contributed by atoms with Gasteiger partial charge in [-0.2, -0.15) is 11.3 Å². The highest BCUT2D eigenvalue weighted by molar-refractivity contribution is 7.17.